The Balaban J connectivity index is 2.42. The van der Waals surface area contributed by atoms with E-state index in [1.165, 1.54) is 12.1 Å². The molecular weight excluding hydrogens is 272 g/mol. The molecule has 1 amide bonds. The lowest BCUT2D eigenvalue weighted by atomic mass is 10.3. The van der Waals surface area contributed by atoms with Gasteiger partial charge in [-0.3, -0.25) is 4.79 Å². The summed E-state index contributed by atoms with van der Waals surface area (Å²) in [5.74, 6) is -0.0453. The standard InChI is InChI=1S/C9H4Cl3N3O/c10-4-1-5(11)9(6(12)2-4)13-7-3-8(16)15-14-7/h1-2H,3H2. The number of amidine groups is 1. The van der Waals surface area contributed by atoms with Gasteiger partial charge in [-0.1, -0.05) is 34.8 Å². The molecule has 4 nitrogen and oxygen atoms in total. The van der Waals surface area contributed by atoms with E-state index in [-0.39, 0.29) is 18.2 Å². The van der Waals surface area contributed by atoms with Gasteiger partial charge in [0.1, 0.15) is 5.69 Å². The molecule has 0 bridgehead atoms. The van der Waals surface area contributed by atoms with E-state index in [4.69, 9.17) is 34.8 Å². The number of benzene rings is 1. The van der Waals surface area contributed by atoms with Crippen molar-refractivity contribution in [3.8, 4) is 0 Å². The lowest BCUT2D eigenvalue weighted by Gasteiger charge is -2.02. The van der Waals surface area contributed by atoms with Crippen molar-refractivity contribution in [2.24, 2.45) is 15.2 Å². The second-order valence-electron chi connectivity index (χ2n) is 3.02. The van der Waals surface area contributed by atoms with Gasteiger partial charge in [-0.25, -0.2) is 4.99 Å². The molecule has 0 spiro atoms. The lowest BCUT2D eigenvalue weighted by molar-refractivity contribution is -0.116. The first-order valence-corrected chi connectivity index (χ1v) is 5.36. The highest BCUT2D eigenvalue weighted by atomic mass is 35.5. The zero-order valence-corrected chi connectivity index (χ0v) is 10.0. The Morgan fingerprint density at radius 3 is 2.25 bits per heavy atom. The summed E-state index contributed by atoms with van der Waals surface area (Å²) in [7, 11) is 0. The molecule has 0 unspecified atom stereocenters. The number of aliphatic imine (C=N–C) groups is 1. The summed E-state index contributed by atoms with van der Waals surface area (Å²) in [4.78, 5) is 14.9. The van der Waals surface area contributed by atoms with Crippen molar-refractivity contribution in [1.29, 1.82) is 0 Å². The predicted molar refractivity (Wildman–Crippen MR) is 63.0 cm³/mol. The first kappa shape index (κ1) is 11.5. The Hall–Kier alpha value is -0.970. The van der Waals surface area contributed by atoms with Gasteiger partial charge in [0.05, 0.1) is 16.5 Å². The van der Waals surface area contributed by atoms with Crippen LogP contribution in [0.5, 0.6) is 0 Å². The number of hydrogen-bond acceptors (Lipinski definition) is 2. The Bertz CT molecular complexity index is 502. The Labute approximate surface area is 106 Å². The molecule has 2 rings (SSSR count). The summed E-state index contributed by atoms with van der Waals surface area (Å²) in [5, 5.41) is 7.96. The molecule has 82 valence electrons. The molecule has 0 radical (unpaired) electrons. The zero-order chi connectivity index (χ0) is 11.7. The third-order valence-corrected chi connectivity index (χ3v) is 2.60. The summed E-state index contributed by atoms with van der Waals surface area (Å²) in [6, 6.07) is 3.03. The maximum atomic E-state index is 10.8. The van der Waals surface area contributed by atoms with E-state index in [0.29, 0.717) is 20.8 Å². The largest absolute Gasteiger partial charge is 0.272 e. The minimum atomic E-state index is -0.333. The second kappa shape index (κ2) is 4.49. The summed E-state index contributed by atoms with van der Waals surface area (Å²) in [6.45, 7) is 0. The van der Waals surface area contributed by atoms with Crippen molar-refractivity contribution in [1.82, 2.24) is 0 Å². The first-order chi connectivity index (χ1) is 7.56. The quantitative estimate of drug-likeness (QED) is 0.763. The van der Waals surface area contributed by atoms with Crippen LogP contribution in [-0.4, -0.2) is 11.7 Å². The fourth-order valence-corrected chi connectivity index (χ4v) is 2.05. The maximum absolute atomic E-state index is 10.8. The van der Waals surface area contributed by atoms with Crippen LogP contribution >= 0.6 is 34.8 Å². The van der Waals surface area contributed by atoms with Gasteiger partial charge in [0, 0.05) is 5.02 Å². The monoisotopic (exact) mass is 275 g/mol. The maximum Gasteiger partial charge on any atom is 0.272 e. The van der Waals surface area contributed by atoms with Crippen LogP contribution in [0.15, 0.2) is 27.4 Å². The van der Waals surface area contributed by atoms with Crippen LogP contribution in [0.2, 0.25) is 15.1 Å². The molecular formula is C9H4Cl3N3O. The van der Waals surface area contributed by atoms with E-state index >= 15 is 0 Å². The predicted octanol–water partition coefficient (Wildman–Crippen LogP) is 4.06. The molecule has 1 aromatic rings. The third kappa shape index (κ3) is 2.40. The Morgan fingerprint density at radius 2 is 1.75 bits per heavy atom. The first-order valence-electron chi connectivity index (χ1n) is 4.23. The molecule has 1 aliphatic rings. The van der Waals surface area contributed by atoms with Crippen LogP contribution < -0.4 is 0 Å². The van der Waals surface area contributed by atoms with Gasteiger partial charge in [0.2, 0.25) is 0 Å². The summed E-state index contributed by atoms with van der Waals surface area (Å²) in [5.41, 5.74) is 0.344. The SMILES string of the molecule is O=C1CC(=Nc2c(Cl)cc(Cl)cc2Cl)N=N1. The average molecular weight is 277 g/mol. The van der Waals surface area contributed by atoms with E-state index in [1.807, 2.05) is 0 Å². The fraction of sp³-hybridized carbons (Fsp3) is 0.111. The van der Waals surface area contributed by atoms with Gasteiger partial charge in [0.15, 0.2) is 5.84 Å². The van der Waals surface area contributed by atoms with Gasteiger partial charge in [-0.15, -0.1) is 10.2 Å². The van der Waals surface area contributed by atoms with Gasteiger partial charge < -0.3 is 0 Å². The zero-order valence-electron chi connectivity index (χ0n) is 7.75. The molecule has 0 atom stereocenters. The molecule has 1 aliphatic heterocycles. The third-order valence-electron chi connectivity index (χ3n) is 1.81. The van der Waals surface area contributed by atoms with Crippen LogP contribution in [0.4, 0.5) is 5.69 Å². The highest BCUT2D eigenvalue weighted by Crippen LogP contribution is 2.36. The van der Waals surface area contributed by atoms with Crippen molar-refractivity contribution < 1.29 is 4.79 Å². The van der Waals surface area contributed by atoms with Crippen molar-refractivity contribution in [2.75, 3.05) is 0 Å². The summed E-state index contributed by atoms with van der Waals surface area (Å²) >= 11 is 17.6. The minimum Gasteiger partial charge on any atom is -0.270 e. The molecule has 0 aliphatic carbocycles. The van der Waals surface area contributed by atoms with Crippen LogP contribution in [0, 0.1) is 0 Å². The molecule has 1 aromatic carbocycles. The lowest BCUT2D eigenvalue weighted by Crippen LogP contribution is -1.92. The van der Waals surface area contributed by atoms with Crippen LogP contribution in [0.25, 0.3) is 0 Å². The average Bonchev–Trinajstić information content (AvgIpc) is 2.58. The van der Waals surface area contributed by atoms with E-state index in [0.717, 1.165) is 0 Å². The summed E-state index contributed by atoms with van der Waals surface area (Å²) in [6.07, 6.45) is 0.0648. The Morgan fingerprint density at radius 1 is 1.12 bits per heavy atom. The Kier molecular flexibility index (Phi) is 3.23. The number of rotatable bonds is 1. The van der Waals surface area contributed by atoms with Crippen molar-refractivity contribution in [3.63, 3.8) is 0 Å². The van der Waals surface area contributed by atoms with Crippen LogP contribution in [0.1, 0.15) is 6.42 Å². The number of carbonyl (C=O) groups is 1. The summed E-state index contributed by atoms with van der Waals surface area (Å²) < 4.78 is 0. The smallest absolute Gasteiger partial charge is 0.270 e. The molecule has 0 saturated heterocycles. The topological polar surface area (TPSA) is 54.1 Å². The van der Waals surface area contributed by atoms with Crippen molar-refractivity contribution >= 4 is 52.2 Å². The number of nitrogens with zero attached hydrogens (tertiary/aromatic N) is 3. The van der Waals surface area contributed by atoms with E-state index in [9.17, 15) is 4.79 Å². The van der Waals surface area contributed by atoms with Crippen LogP contribution in [0.3, 0.4) is 0 Å². The molecule has 0 aromatic heterocycles. The minimum absolute atomic E-state index is 0.0648. The normalized spacial score (nSPS) is 17.4. The van der Waals surface area contributed by atoms with E-state index in [1.54, 1.807) is 0 Å². The fourth-order valence-electron chi connectivity index (χ4n) is 1.15. The molecule has 0 N–H and O–H groups in total. The van der Waals surface area contributed by atoms with Crippen LogP contribution in [-0.2, 0) is 4.79 Å². The van der Waals surface area contributed by atoms with Gasteiger partial charge >= 0.3 is 0 Å². The molecule has 1 heterocycles. The van der Waals surface area contributed by atoms with Gasteiger partial charge in [0.25, 0.3) is 5.91 Å². The number of hydrogen-bond donors (Lipinski definition) is 0. The molecule has 0 fully saturated rings. The molecule has 0 saturated carbocycles. The number of halogens is 3. The van der Waals surface area contributed by atoms with Gasteiger partial charge in [-0.05, 0) is 12.1 Å². The molecule has 16 heavy (non-hydrogen) atoms. The number of azo groups is 1. The van der Waals surface area contributed by atoms with E-state index < -0.39 is 0 Å². The van der Waals surface area contributed by atoms with Gasteiger partial charge in [-0.2, -0.15) is 0 Å². The number of carbonyl (C=O) groups excluding carboxylic acids is 1. The van der Waals surface area contributed by atoms with Crippen molar-refractivity contribution in [3.05, 3.63) is 27.2 Å². The van der Waals surface area contributed by atoms with Crippen molar-refractivity contribution in [2.45, 2.75) is 6.42 Å². The van der Waals surface area contributed by atoms with E-state index in [2.05, 4.69) is 15.2 Å². The highest BCUT2D eigenvalue weighted by Gasteiger charge is 2.15. The molecule has 7 heteroatoms. The number of amides is 1. The second-order valence-corrected chi connectivity index (χ2v) is 4.27. The highest BCUT2D eigenvalue weighted by molar-refractivity contribution is 6.41.